The summed E-state index contributed by atoms with van der Waals surface area (Å²) in [6.07, 6.45) is 12.3. The molecule has 0 radical (unpaired) electrons. The van der Waals surface area contributed by atoms with E-state index in [1.54, 1.807) is 26.8 Å². The molecule has 6 aliphatic carbocycles. The molecular weight excluding hydrogens is 1480 g/mol. The van der Waals surface area contributed by atoms with E-state index in [9.17, 15) is 53.2 Å². The molecule has 26 nitrogen and oxygen atoms in total. The van der Waals surface area contributed by atoms with Gasteiger partial charge < -0.3 is 80.9 Å². The predicted molar refractivity (Wildman–Crippen MR) is 448 cm³/mol. The number of carboxylic acid groups (broad SMARTS) is 1. The normalized spacial score (nSPS) is 23.2. The van der Waals surface area contributed by atoms with Gasteiger partial charge in [0.2, 0.25) is 17.7 Å². The Balaban J connectivity index is 0.000000250. The summed E-state index contributed by atoms with van der Waals surface area (Å²) >= 11 is 0. The minimum absolute atomic E-state index is 0.0157. The molecule has 638 valence electrons. The zero-order valence-electron chi connectivity index (χ0n) is 71.8. The van der Waals surface area contributed by atoms with Gasteiger partial charge in [0.05, 0.1) is 35.5 Å². The number of ether oxygens (including phenoxy) is 2. The van der Waals surface area contributed by atoms with Crippen molar-refractivity contribution < 1.29 is 86.4 Å². The molecule has 11 N–H and O–H groups in total. The number of nitriles is 1. The summed E-state index contributed by atoms with van der Waals surface area (Å²) in [5.41, 5.74) is 8.76. The number of benzene rings is 3. The number of carboxylic acids is 1. The molecule has 3 aromatic rings. The number of nitrogens with two attached hydrogens (primary N) is 1. The number of Topliss-reactive ketones (excluding diaryl/α,β-unsaturated/α-hetero) is 2. The first-order chi connectivity index (χ1) is 54.3. The van der Waals surface area contributed by atoms with Gasteiger partial charge >= 0.3 is 39.5 Å². The number of hydrogen-bond donors (Lipinski definition) is 10. The molecule has 0 unspecified atom stereocenters. The highest BCUT2D eigenvalue weighted by Crippen LogP contribution is 2.67. The van der Waals surface area contributed by atoms with E-state index in [2.05, 4.69) is 110 Å². The number of unbranched alkanes of at least 4 members (excludes halogenated alkanes) is 3. The van der Waals surface area contributed by atoms with Gasteiger partial charge in [-0.1, -0.05) is 139 Å². The third-order valence-electron chi connectivity index (χ3n) is 23.5. The molecule has 0 spiro atoms. The smallest absolute Gasteiger partial charge is 0.475 e. The van der Waals surface area contributed by atoms with Crippen LogP contribution < -0.4 is 37.6 Å². The van der Waals surface area contributed by atoms with Crippen molar-refractivity contribution in [2.24, 2.45) is 46.2 Å². The van der Waals surface area contributed by atoms with E-state index < -0.39 is 73.4 Å². The summed E-state index contributed by atoms with van der Waals surface area (Å²) in [7, 11) is -2.40. The zero-order chi connectivity index (χ0) is 86.1. The van der Waals surface area contributed by atoms with Crippen molar-refractivity contribution >= 4 is 74.7 Å². The van der Waals surface area contributed by atoms with E-state index in [-0.39, 0.29) is 101 Å². The second-order valence-corrected chi connectivity index (χ2v) is 36.3. The van der Waals surface area contributed by atoms with Gasteiger partial charge in [0.1, 0.15) is 28.9 Å². The molecule has 8 aliphatic rings. The van der Waals surface area contributed by atoms with Crippen molar-refractivity contribution in [1.29, 1.82) is 5.26 Å². The van der Waals surface area contributed by atoms with Crippen molar-refractivity contribution in [2.45, 2.75) is 304 Å². The Hall–Kier alpha value is -7.97. The van der Waals surface area contributed by atoms with Crippen molar-refractivity contribution in [3.8, 4) is 6.07 Å². The van der Waals surface area contributed by atoms with E-state index in [4.69, 9.17) is 44.2 Å². The number of hydrogen-bond acceptors (Lipinski definition) is 19. The fourth-order valence-corrected chi connectivity index (χ4v) is 17.2. The van der Waals surface area contributed by atoms with Crippen molar-refractivity contribution in [3.05, 3.63) is 119 Å². The average Bonchev–Trinajstić information content (AvgIpc) is 1.45. The molecule has 2 saturated heterocycles. The summed E-state index contributed by atoms with van der Waals surface area (Å²) < 4.78 is 36.4. The van der Waals surface area contributed by atoms with Gasteiger partial charge in [-0.3, -0.25) is 28.8 Å². The number of carbonyl (C=O) groups is 9. The molecule has 4 bridgehead atoms. The molecule has 14 atom stereocenters. The Kier molecular flexibility index (Phi) is 36.9. The summed E-state index contributed by atoms with van der Waals surface area (Å²) in [6.45, 7) is 33.7. The van der Waals surface area contributed by atoms with E-state index in [1.807, 2.05) is 95.3 Å². The van der Waals surface area contributed by atoms with E-state index >= 15 is 0 Å². The first-order valence-corrected chi connectivity index (χ1v) is 41.7. The molecule has 11 rings (SSSR count). The highest BCUT2D eigenvalue weighted by molar-refractivity contribution is 6.48. The molecule has 8 fully saturated rings. The standard InChI is InChI=1S/C32H49BN2O6.C24H34BN3O5.C18H26BNO2.C13H24N2O5/c1-21(36)35-25(15-11-12-16-34-29(38)39-30(2,3)4)26(37)20-24(17-22-13-9-8-10-14-22)33-40-28-19-23-18-27(31(23,5)6)32(28,7)41-33;1-17(2)13-20(16-26)24(31)27-12-8-7-11-22(28-18(3)29)23(30)15-21(25(32)33)14-19-9-5-4-6-10-19;1-17(2)13-10-14(17)18(3)15(11-13)21-19(22-18)16(20)9-12-7-5-4-6-8-12;1-9(16)15-10(11(17)18)7-5-6-8-14-12(19)20-13(2,3)4/h8-10,13-14,23-25,27-28H,11-12,15-20H2,1-7H3,(H,34,38)(H,35,36);4-6,9-10,13,17,21-22,32-33H,7-8,11-12,14-15H2,1-3H3,(H,27,31)(H,28,29);4-8,13-16H,9-11,20H2,1-3H3;10H,5-8H2,1-4H3,(H,14,19)(H,15,16)(H,17,18)/t23-,24+,25-,27-,28+,32-;21-,22+;13-,14-,15+,16-,18-;10-/m0100/s1. The van der Waals surface area contributed by atoms with E-state index in [0.717, 1.165) is 36.3 Å². The largest absolute Gasteiger partial charge is 0.480 e. The van der Waals surface area contributed by atoms with Gasteiger partial charge in [-0.15, -0.1) is 0 Å². The quantitative estimate of drug-likeness (QED) is 0.0112. The van der Waals surface area contributed by atoms with Crippen LogP contribution in [0, 0.1) is 51.8 Å². The fraction of sp³-hybridized carbons (Fsp3) is 0.655. The third-order valence-corrected chi connectivity index (χ3v) is 23.5. The summed E-state index contributed by atoms with van der Waals surface area (Å²) in [5.74, 6) is -1.13. The van der Waals surface area contributed by atoms with Crippen LogP contribution in [-0.2, 0) is 80.9 Å². The van der Waals surface area contributed by atoms with E-state index in [1.165, 1.54) is 39.2 Å². The zero-order valence-corrected chi connectivity index (χ0v) is 71.8. The molecule has 116 heavy (non-hydrogen) atoms. The van der Waals surface area contributed by atoms with Crippen LogP contribution in [0.25, 0.3) is 0 Å². The summed E-state index contributed by atoms with van der Waals surface area (Å²) in [4.78, 5) is 107. The van der Waals surface area contributed by atoms with Crippen LogP contribution in [-0.4, -0.2) is 168 Å². The van der Waals surface area contributed by atoms with Gasteiger partial charge in [-0.25, -0.2) is 14.4 Å². The Bertz CT molecular complexity index is 3780. The number of rotatable bonds is 36. The number of nitrogens with one attached hydrogen (secondary N) is 6. The lowest BCUT2D eigenvalue weighted by Crippen LogP contribution is -2.65. The van der Waals surface area contributed by atoms with Crippen LogP contribution in [0.2, 0.25) is 11.6 Å². The van der Waals surface area contributed by atoms with Crippen molar-refractivity contribution in [3.63, 3.8) is 0 Å². The topological polar surface area (TPSA) is 392 Å². The van der Waals surface area contributed by atoms with Crippen LogP contribution in [0.3, 0.4) is 0 Å². The Morgan fingerprint density at radius 1 is 0.560 bits per heavy atom. The number of nitrogens with zero attached hydrogens (tertiary/aromatic N) is 1. The molecule has 2 aliphatic heterocycles. The first kappa shape index (κ1) is 96.9. The van der Waals surface area contributed by atoms with Gasteiger partial charge in [-0.2, -0.15) is 5.26 Å². The number of amides is 6. The Morgan fingerprint density at radius 2 is 0.940 bits per heavy atom. The lowest BCUT2D eigenvalue weighted by atomic mass is 9.43. The van der Waals surface area contributed by atoms with Gasteiger partial charge in [-0.05, 0) is 215 Å². The van der Waals surface area contributed by atoms with Crippen molar-refractivity contribution in [2.75, 3.05) is 19.6 Å². The fourth-order valence-electron chi connectivity index (χ4n) is 17.2. The van der Waals surface area contributed by atoms with Gasteiger partial charge in [0.25, 0.3) is 5.91 Å². The third kappa shape index (κ3) is 29.8. The Morgan fingerprint density at radius 3 is 1.33 bits per heavy atom. The molecule has 29 heteroatoms. The molecular formula is C87H133B3N8O18. The molecule has 6 saturated carbocycles. The number of carbonyl (C=O) groups excluding carboxylic acids is 8. The minimum Gasteiger partial charge on any atom is -0.480 e. The molecule has 6 amide bonds. The van der Waals surface area contributed by atoms with E-state index in [0.29, 0.717) is 113 Å². The monoisotopic (exact) mass is 1610 g/mol. The van der Waals surface area contributed by atoms with Gasteiger partial charge in [0.15, 0.2) is 11.6 Å². The lowest BCUT2D eigenvalue weighted by molar-refractivity contribution is -0.199. The number of allylic oxidation sites excluding steroid dienone is 1. The Labute approximate surface area is 689 Å². The summed E-state index contributed by atoms with van der Waals surface area (Å²) in [5, 5.41) is 53.4. The minimum atomic E-state index is -1.66. The van der Waals surface area contributed by atoms with Crippen molar-refractivity contribution in [1.82, 2.24) is 31.9 Å². The lowest BCUT2D eigenvalue weighted by Gasteiger charge is -2.64. The van der Waals surface area contributed by atoms with Gasteiger partial charge in [0, 0.05) is 70.8 Å². The second-order valence-electron chi connectivity index (χ2n) is 36.3. The number of ketones is 2. The van der Waals surface area contributed by atoms with Crippen LogP contribution in [0.4, 0.5) is 9.59 Å². The highest BCUT2D eigenvalue weighted by atomic mass is 16.7. The molecule has 3 aromatic carbocycles. The average molecular weight is 1610 g/mol. The number of alkyl carbamates (subject to hydrolysis) is 2. The van der Waals surface area contributed by atoms with Crippen LogP contribution in [0.5, 0.6) is 0 Å². The molecule has 0 aromatic heterocycles. The maximum Gasteiger partial charge on any atom is 0.475 e. The summed E-state index contributed by atoms with van der Waals surface area (Å²) in [6, 6.07) is 29.4. The van der Waals surface area contributed by atoms with Crippen LogP contribution >= 0.6 is 0 Å². The second kappa shape index (κ2) is 44.2. The molecule has 2 heterocycles. The highest BCUT2D eigenvalue weighted by Gasteiger charge is 2.70. The maximum atomic E-state index is 13.7. The van der Waals surface area contributed by atoms with Crippen LogP contribution in [0.1, 0.15) is 231 Å². The predicted octanol–water partition coefficient (Wildman–Crippen LogP) is 11.5. The first-order valence-electron chi connectivity index (χ1n) is 41.7. The number of aliphatic carboxylic acids is 1. The SMILES string of the molecule is CC(=O)N[C@@H](CCCCNC(=O)C(C#N)=CC(C)C)C(=O)C[C@@H](Cc1ccccc1)B(O)O.CC(=O)N[C@@H](CCCCNC(=O)OC(C)(C)C)C(=O)C[C@@H](Cc1ccccc1)B1O[C@@H]2C[C@@H]3C[C@@H](C3(C)C)[C@]2(C)O1.CC(=O)N[C@@H](CCCCNC(=O)OC(C)(C)C)C(=O)O.CC1(C)[C@@H]2C[C@H]3OB([C@@H](N)Cc4ccccc4)O[C@@]3(C)[C@H]1C2. The van der Waals surface area contributed by atoms with Crippen LogP contribution in [0.15, 0.2) is 103 Å². The maximum absolute atomic E-state index is 13.7.